The second-order valence-corrected chi connectivity index (χ2v) is 5.84. The third kappa shape index (κ3) is 4.79. The molecule has 106 valence electrons. The van der Waals surface area contributed by atoms with Crippen LogP contribution in [0.15, 0.2) is 0 Å². The third-order valence-electron chi connectivity index (χ3n) is 4.21. The Balaban J connectivity index is 2.34. The summed E-state index contributed by atoms with van der Waals surface area (Å²) in [5.74, 6) is 2.03. The van der Waals surface area contributed by atoms with E-state index in [-0.39, 0.29) is 5.92 Å². The van der Waals surface area contributed by atoms with Crippen LogP contribution in [0.1, 0.15) is 58.8 Å². The summed E-state index contributed by atoms with van der Waals surface area (Å²) in [5, 5.41) is 0. The minimum Gasteiger partial charge on any atom is -0.342 e. The number of nitrogens with zero attached hydrogens (tertiary/aromatic N) is 1. The Hall–Kier alpha value is -0.240. The van der Waals surface area contributed by atoms with E-state index in [9.17, 15) is 4.79 Å². The number of unbranched alkanes of at least 4 members (excludes halogenated alkanes) is 1. The highest BCUT2D eigenvalue weighted by Gasteiger charge is 2.28. The van der Waals surface area contributed by atoms with Crippen LogP contribution in [0, 0.1) is 11.8 Å². The molecule has 0 aromatic heterocycles. The van der Waals surface area contributed by atoms with Gasteiger partial charge >= 0.3 is 0 Å². The van der Waals surface area contributed by atoms with Gasteiger partial charge in [0.2, 0.25) is 5.91 Å². The number of halogens is 1. The topological polar surface area (TPSA) is 20.3 Å². The van der Waals surface area contributed by atoms with Crippen molar-refractivity contribution in [1.29, 1.82) is 0 Å². The largest absolute Gasteiger partial charge is 0.342 e. The van der Waals surface area contributed by atoms with Crippen molar-refractivity contribution in [3.63, 3.8) is 0 Å². The Morgan fingerprint density at radius 2 is 1.89 bits per heavy atom. The van der Waals surface area contributed by atoms with E-state index in [1.807, 2.05) is 11.8 Å². The molecule has 1 fully saturated rings. The second kappa shape index (κ2) is 8.79. The average Bonchev–Trinajstić information content (AvgIpc) is 2.42. The van der Waals surface area contributed by atoms with Crippen LogP contribution in [0.2, 0.25) is 0 Å². The zero-order valence-corrected chi connectivity index (χ0v) is 12.7. The van der Waals surface area contributed by atoms with E-state index >= 15 is 0 Å². The van der Waals surface area contributed by atoms with Crippen LogP contribution in [0.5, 0.6) is 0 Å². The molecule has 0 unspecified atom stereocenters. The maximum Gasteiger partial charge on any atom is 0.225 e. The van der Waals surface area contributed by atoms with E-state index in [0.717, 1.165) is 25.3 Å². The first-order valence-corrected chi connectivity index (χ1v) is 8.11. The van der Waals surface area contributed by atoms with Gasteiger partial charge in [0.1, 0.15) is 0 Å². The molecular formula is C15H28ClNO. The van der Waals surface area contributed by atoms with Gasteiger partial charge in [0.25, 0.3) is 0 Å². The molecule has 1 saturated carbocycles. The zero-order chi connectivity index (χ0) is 13.4. The Bertz CT molecular complexity index is 237. The fraction of sp³-hybridized carbons (Fsp3) is 0.933. The van der Waals surface area contributed by atoms with Crippen LogP contribution >= 0.6 is 11.6 Å². The van der Waals surface area contributed by atoms with E-state index in [1.54, 1.807) is 0 Å². The number of carbonyl (C=O) groups is 1. The summed E-state index contributed by atoms with van der Waals surface area (Å²) < 4.78 is 0. The molecule has 0 atom stereocenters. The second-order valence-electron chi connectivity index (χ2n) is 5.47. The molecule has 1 aliphatic rings. The van der Waals surface area contributed by atoms with Crippen LogP contribution in [-0.4, -0.2) is 29.8 Å². The first kappa shape index (κ1) is 15.8. The molecule has 3 heteroatoms. The van der Waals surface area contributed by atoms with Crippen molar-refractivity contribution in [1.82, 2.24) is 4.90 Å². The van der Waals surface area contributed by atoms with Crippen molar-refractivity contribution in [2.45, 2.75) is 58.8 Å². The minimum absolute atomic E-state index is 0.269. The Labute approximate surface area is 117 Å². The molecule has 0 spiro atoms. The van der Waals surface area contributed by atoms with Gasteiger partial charge in [-0.1, -0.05) is 26.2 Å². The predicted molar refractivity (Wildman–Crippen MR) is 77.9 cm³/mol. The first-order valence-electron chi connectivity index (χ1n) is 7.57. The fourth-order valence-electron chi connectivity index (χ4n) is 2.98. The number of amides is 1. The molecule has 18 heavy (non-hydrogen) atoms. The van der Waals surface area contributed by atoms with Gasteiger partial charge in [0.15, 0.2) is 0 Å². The van der Waals surface area contributed by atoms with Crippen molar-refractivity contribution in [2.24, 2.45) is 11.8 Å². The molecule has 0 heterocycles. The van der Waals surface area contributed by atoms with Gasteiger partial charge in [-0.05, 0) is 38.5 Å². The lowest BCUT2D eigenvalue weighted by atomic mass is 9.79. The Kier molecular flexibility index (Phi) is 7.73. The van der Waals surface area contributed by atoms with E-state index in [1.165, 1.54) is 32.1 Å². The highest BCUT2D eigenvalue weighted by molar-refractivity contribution is 6.18. The summed E-state index contributed by atoms with van der Waals surface area (Å²) in [5.41, 5.74) is 0. The number of alkyl halides is 1. The molecule has 0 bridgehead atoms. The van der Waals surface area contributed by atoms with Crippen LogP contribution in [0.25, 0.3) is 0 Å². The lowest BCUT2D eigenvalue weighted by Gasteiger charge is -2.31. The van der Waals surface area contributed by atoms with Crippen molar-refractivity contribution < 1.29 is 4.79 Å². The summed E-state index contributed by atoms with van der Waals surface area (Å²) in [6.45, 7) is 5.78. The van der Waals surface area contributed by atoms with E-state index in [4.69, 9.17) is 11.6 Å². The highest BCUT2D eigenvalue weighted by Crippen LogP contribution is 2.32. The maximum atomic E-state index is 12.3. The van der Waals surface area contributed by atoms with Gasteiger partial charge in [-0.2, -0.15) is 0 Å². The van der Waals surface area contributed by atoms with Crippen molar-refractivity contribution in [2.75, 3.05) is 19.0 Å². The Morgan fingerprint density at radius 1 is 1.22 bits per heavy atom. The normalized spacial score (nSPS) is 23.9. The molecule has 0 saturated heterocycles. The summed E-state index contributed by atoms with van der Waals surface area (Å²) >= 11 is 5.74. The standard InChI is InChI=1S/C15H28ClNO/c1-3-5-6-13-7-9-14(10-8-13)15(18)17(4-2)12-11-16/h13-14H,3-12H2,1-2H3. The summed E-state index contributed by atoms with van der Waals surface area (Å²) in [6, 6.07) is 0. The average molecular weight is 274 g/mol. The molecule has 0 aromatic carbocycles. The predicted octanol–water partition coefficient (Wildman–Crippen LogP) is 4.07. The smallest absolute Gasteiger partial charge is 0.225 e. The van der Waals surface area contributed by atoms with Gasteiger partial charge in [-0.3, -0.25) is 4.79 Å². The number of carbonyl (C=O) groups excluding carboxylic acids is 1. The zero-order valence-electron chi connectivity index (χ0n) is 12.0. The number of hydrogen-bond donors (Lipinski definition) is 0. The van der Waals surface area contributed by atoms with Crippen LogP contribution in [-0.2, 0) is 4.79 Å². The lowest BCUT2D eigenvalue weighted by Crippen LogP contribution is -2.38. The fourth-order valence-corrected chi connectivity index (χ4v) is 3.18. The van der Waals surface area contributed by atoms with Gasteiger partial charge in [0, 0.05) is 24.9 Å². The SMILES string of the molecule is CCCCC1CCC(C(=O)N(CC)CCCl)CC1. The Morgan fingerprint density at radius 3 is 2.39 bits per heavy atom. The summed E-state index contributed by atoms with van der Waals surface area (Å²) in [7, 11) is 0. The van der Waals surface area contributed by atoms with Crippen molar-refractivity contribution in [3.05, 3.63) is 0 Å². The molecule has 0 radical (unpaired) electrons. The first-order chi connectivity index (χ1) is 8.72. The monoisotopic (exact) mass is 273 g/mol. The van der Waals surface area contributed by atoms with Gasteiger partial charge in [-0.15, -0.1) is 11.6 Å². The number of hydrogen-bond acceptors (Lipinski definition) is 1. The van der Waals surface area contributed by atoms with E-state index in [2.05, 4.69) is 6.92 Å². The lowest BCUT2D eigenvalue weighted by molar-refractivity contribution is -0.136. The van der Waals surface area contributed by atoms with Crippen LogP contribution in [0.3, 0.4) is 0 Å². The highest BCUT2D eigenvalue weighted by atomic mass is 35.5. The molecule has 1 aliphatic carbocycles. The van der Waals surface area contributed by atoms with Crippen molar-refractivity contribution in [3.8, 4) is 0 Å². The van der Waals surface area contributed by atoms with Crippen LogP contribution in [0.4, 0.5) is 0 Å². The van der Waals surface area contributed by atoms with E-state index < -0.39 is 0 Å². The molecule has 0 aliphatic heterocycles. The minimum atomic E-state index is 0.269. The molecule has 1 amide bonds. The summed E-state index contributed by atoms with van der Waals surface area (Å²) in [6.07, 6.45) is 8.66. The van der Waals surface area contributed by atoms with Gasteiger partial charge < -0.3 is 4.90 Å². The maximum absolute atomic E-state index is 12.3. The quantitative estimate of drug-likeness (QED) is 0.641. The van der Waals surface area contributed by atoms with E-state index in [0.29, 0.717) is 18.3 Å². The van der Waals surface area contributed by atoms with Gasteiger partial charge in [-0.25, -0.2) is 0 Å². The molecule has 1 rings (SSSR count). The molecule has 0 N–H and O–H groups in total. The molecule has 2 nitrogen and oxygen atoms in total. The number of rotatable bonds is 7. The van der Waals surface area contributed by atoms with Gasteiger partial charge in [0.05, 0.1) is 0 Å². The van der Waals surface area contributed by atoms with Crippen molar-refractivity contribution >= 4 is 17.5 Å². The van der Waals surface area contributed by atoms with Crippen LogP contribution < -0.4 is 0 Å². The molecule has 0 aromatic rings. The summed E-state index contributed by atoms with van der Waals surface area (Å²) in [4.78, 5) is 14.2. The molecular weight excluding hydrogens is 246 g/mol. The third-order valence-corrected chi connectivity index (χ3v) is 4.38.